The number of rotatable bonds is 5. The van der Waals surface area contributed by atoms with E-state index in [1.54, 1.807) is 0 Å². The van der Waals surface area contributed by atoms with Crippen molar-refractivity contribution in [3.63, 3.8) is 0 Å². The highest BCUT2D eigenvalue weighted by atomic mass is 14.9. The number of anilines is 1. The van der Waals surface area contributed by atoms with Gasteiger partial charge >= 0.3 is 0 Å². The van der Waals surface area contributed by atoms with Crippen molar-refractivity contribution in [3.8, 4) is 0 Å². The molecule has 1 aliphatic heterocycles. The molecule has 0 unspecified atom stereocenters. The molecule has 2 aliphatic rings. The Morgan fingerprint density at radius 2 is 2.16 bits per heavy atom. The lowest BCUT2D eigenvalue weighted by Crippen LogP contribution is -2.27. The summed E-state index contributed by atoms with van der Waals surface area (Å²) in [6.45, 7) is 8.04. The topological polar surface area (TPSA) is 24.1 Å². The van der Waals surface area contributed by atoms with Crippen molar-refractivity contribution >= 4 is 5.69 Å². The van der Waals surface area contributed by atoms with Crippen molar-refractivity contribution in [2.24, 2.45) is 11.3 Å². The van der Waals surface area contributed by atoms with Crippen LogP contribution in [-0.2, 0) is 13.0 Å². The average molecular weight is 258 g/mol. The first kappa shape index (κ1) is 13.0. The Bertz CT molecular complexity index is 447. The number of hydrogen-bond donors (Lipinski definition) is 2. The van der Waals surface area contributed by atoms with Gasteiger partial charge in [0.05, 0.1) is 0 Å². The molecule has 0 bridgehead atoms. The van der Waals surface area contributed by atoms with Gasteiger partial charge in [-0.1, -0.05) is 26.0 Å². The predicted molar refractivity (Wildman–Crippen MR) is 81.5 cm³/mol. The van der Waals surface area contributed by atoms with Crippen LogP contribution in [0.25, 0.3) is 0 Å². The largest absolute Gasteiger partial charge is 0.385 e. The lowest BCUT2D eigenvalue weighted by Gasteiger charge is -2.21. The van der Waals surface area contributed by atoms with Crippen LogP contribution in [0, 0.1) is 11.3 Å². The Hall–Kier alpha value is -1.02. The van der Waals surface area contributed by atoms with Crippen molar-refractivity contribution in [1.82, 2.24) is 5.32 Å². The molecule has 104 valence electrons. The fourth-order valence-electron chi connectivity index (χ4n) is 3.21. The molecule has 0 atom stereocenters. The lowest BCUT2D eigenvalue weighted by molar-refractivity contribution is 0.338. The van der Waals surface area contributed by atoms with E-state index in [0.29, 0.717) is 5.41 Å². The average Bonchev–Trinajstić information content (AvgIpc) is 3.20. The minimum absolute atomic E-state index is 0.607. The molecular weight excluding hydrogens is 232 g/mol. The van der Waals surface area contributed by atoms with Crippen LogP contribution in [0.2, 0.25) is 0 Å². The zero-order chi connectivity index (χ0) is 13.3. The molecule has 2 heteroatoms. The number of aryl methyl sites for hydroxylation is 1. The van der Waals surface area contributed by atoms with Gasteiger partial charge in [0.15, 0.2) is 0 Å². The van der Waals surface area contributed by atoms with Gasteiger partial charge in [-0.05, 0) is 54.2 Å². The van der Waals surface area contributed by atoms with Gasteiger partial charge in [-0.2, -0.15) is 0 Å². The molecule has 2 N–H and O–H groups in total. The van der Waals surface area contributed by atoms with Crippen LogP contribution in [0.4, 0.5) is 5.69 Å². The molecule has 0 aromatic heterocycles. The molecule has 1 aromatic carbocycles. The third-order valence-corrected chi connectivity index (χ3v) is 5.03. The van der Waals surface area contributed by atoms with Gasteiger partial charge in [0.1, 0.15) is 0 Å². The van der Waals surface area contributed by atoms with Gasteiger partial charge in [-0.25, -0.2) is 0 Å². The highest BCUT2D eigenvalue weighted by molar-refractivity contribution is 5.54. The summed E-state index contributed by atoms with van der Waals surface area (Å²) in [5.41, 5.74) is 4.88. The predicted octanol–water partition coefficient (Wildman–Crippen LogP) is 3.57. The minimum atomic E-state index is 0.607. The fraction of sp³-hybridized carbons (Fsp3) is 0.647. The molecule has 1 saturated carbocycles. The Balaban J connectivity index is 1.56. The van der Waals surface area contributed by atoms with Crippen LogP contribution in [0.5, 0.6) is 0 Å². The molecule has 1 heterocycles. The molecule has 2 nitrogen and oxygen atoms in total. The van der Waals surface area contributed by atoms with Crippen molar-refractivity contribution in [3.05, 3.63) is 29.3 Å². The van der Waals surface area contributed by atoms with Gasteiger partial charge in [-0.3, -0.25) is 0 Å². The van der Waals surface area contributed by atoms with Gasteiger partial charge in [-0.15, -0.1) is 0 Å². The molecule has 1 aliphatic carbocycles. The van der Waals surface area contributed by atoms with Crippen LogP contribution >= 0.6 is 0 Å². The van der Waals surface area contributed by atoms with Gasteiger partial charge in [0.2, 0.25) is 0 Å². The van der Waals surface area contributed by atoms with E-state index in [1.807, 2.05) is 0 Å². The highest BCUT2D eigenvalue weighted by Gasteiger charge is 2.44. The van der Waals surface area contributed by atoms with E-state index in [0.717, 1.165) is 19.0 Å². The Morgan fingerprint density at radius 3 is 2.89 bits per heavy atom. The number of benzene rings is 1. The molecule has 3 rings (SSSR count). The summed E-state index contributed by atoms with van der Waals surface area (Å²) in [5.74, 6) is 0.813. The number of fused-ring (bicyclic) bond motifs is 1. The summed E-state index contributed by atoms with van der Waals surface area (Å²) in [6.07, 6.45) is 5.31. The monoisotopic (exact) mass is 258 g/mol. The molecule has 0 saturated heterocycles. The standard InChI is InChI=1S/C17H26N2/c1-13(2)17(7-8-17)12-18-11-14-5-6-16-15(10-14)4-3-9-19-16/h5-6,10,13,18-19H,3-4,7-9,11-12H2,1-2H3. The Morgan fingerprint density at radius 1 is 1.32 bits per heavy atom. The third kappa shape index (κ3) is 2.79. The fourth-order valence-corrected chi connectivity index (χ4v) is 3.21. The lowest BCUT2D eigenvalue weighted by atomic mass is 9.92. The first-order chi connectivity index (χ1) is 9.20. The van der Waals surface area contributed by atoms with E-state index >= 15 is 0 Å². The maximum Gasteiger partial charge on any atom is 0.0372 e. The SMILES string of the molecule is CC(C)C1(CNCc2ccc3c(c2)CCCN3)CC1. The molecule has 0 radical (unpaired) electrons. The summed E-state index contributed by atoms with van der Waals surface area (Å²) in [4.78, 5) is 0. The van der Waals surface area contributed by atoms with Crippen LogP contribution in [0.3, 0.4) is 0 Å². The summed E-state index contributed by atoms with van der Waals surface area (Å²) in [7, 11) is 0. The van der Waals surface area contributed by atoms with Crippen molar-refractivity contribution in [2.45, 2.75) is 46.1 Å². The van der Waals surface area contributed by atoms with E-state index in [4.69, 9.17) is 0 Å². The molecule has 1 fully saturated rings. The van der Waals surface area contributed by atoms with Crippen molar-refractivity contribution in [2.75, 3.05) is 18.4 Å². The molecule has 0 amide bonds. The van der Waals surface area contributed by atoms with Crippen molar-refractivity contribution < 1.29 is 0 Å². The maximum atomic E-state index is 3.67. The molecular formula is C17H26N2. The van der Waals surface area contributed by atoms with E-state index < -0.39 is 0 Å². The van der Waals surface area contributed by atoms with Crippen LogP contribution in [-0.4, -0.2) is 13.1 Å². The zero-order valence-electron chi connectivity index (χ0n) is 12.3. The first-order valence-electron chi connectivity index (χ1n) is 7.76. The van der Waals surface area contributed by atoms with Crippen LogP contribution < -0.4 is 10.6 Å². The highest BCUT2D eigenvalue weighted by Crippen LogP contribution is 2.51. The molecule has 19 heavy (non-hydrogen) atoms. The van der Waals surface area contributed by atoms with Crippen molar-refractivity contribution in [1.29, 1.82) is 0 Å². The van der Waals surface area contributed by atoms with Gasteiger partial charge in [0.25, 0.3) is 0 Å². The second-order valence-electron chi connectivity index (χ2n) is 6.64. The summed E-state index contributed by atoms with van der Waals surface area (Å²) in [6, 6.07) is 6.89. The van der Waals surface area contributed by atoms with E-state index in [2.05, 4.69) is 42.7 Å². The smallest absolute Gasteiger partial charge is 0.0372 e. The minimum Gasteiger partial charge on any atom is -0.385 e. The Labute approximate surface area is 117 Å². The number of hydrogen-bond acceptors (Lipinski definition) is 2. The molecule has 1 aromatic rings. The van der Waals surface area contributed by atoms with E-state index in [-0.39, 0.29) is 0 Å². The second kappa shape index (κ2) is 5.16. The third-order valence-electron chi connectivity index (χ3n) is 5.03. The summed E-state index contributed by atoms with van der Waals surface area (Å²) in [5, 5.41) is 7.15. The number of nitrogens with one attached hydrogen (secondary N) is 2. The first-order valence-corrected chi connectivity index (χ1v) is 7.76. The zero-order valence-corrected chi connectivity index (χ0v) is 12.3. The van der Waals surface area contributed by atoms with Gasteiger partial charge < -0.3 is 10.6 Å². The second-order valence-corrected chi connectivity index (χ2v) is 6.64. The summed E-state index contributed by atoms with van der Waals surface area (Å²) >= 11 is 0. The quantitative estimate of drug-likeness (QED) is 0.843. The normalized spacial score (nSPS) is 19.9. The van der Waals surface area contributed by atoms with E-state index in [9.17, 15) is 0 Å². The maximum absolute atomic E-state index is 3.67. The Kier molecular flexibility index (Phi) is 3.53. The molecule has 0 spiro atoms. The van der Waals surface area contributed by atoms with Gasteiger partial charge in [0, 0.05) is 25.3 Å². The van der Waals surface area contributed by atoms with Crippen LogP contribution in [0.1, 0.15) is 44.2 Å². The summed E-state index contributed by atoms with van der Waals surface area (Å²) < 4.78 is 0. The van der Waals surface area contributed by atoms with E-state index in [1.165, 1.54) is 49.0 Å². The van der Waals surface area contributed by atoms with Crippen LogP contribution in [0.15, 0.2) is 18.2 Å².